The summed E-state index contributed by atoms with van der Waals surface area (Å²) in [5.41, 5.74) is 3.13. The third kappa shape index (κ3) is 6.15. The number of aliphatic carboxylic acids is 1. The van der Waals surface area contributed by atoms with Gasteiger partial charge in [-0.15, -0.1) is 0 Å². The van der Waals surface area contributed by atoms with Gasteiger partial charge in [-0.3, -0.25) is 19.3 Å². The van der Waals surface area contributed by atoms with Crippen molar-refractivity contribution >= 4 is 29.6 Å². The van der Waals surface area contributed by atoms with Crippen LogP contribution in [0, 0.1) is 0 Å². The number of fused-ring (bicyclic) bond motifs is 2. The molecule has 0 aliphatic carbocycles. The van der Waals surface area contributed by atoms with Crippen LogP contribution in [0.5, 0.6) is 0 Å². The molecule has 3 amide bonds. The van der Waals surface area contributed by atoms with Crippen LogP contribution >= 0.6 is 0 Å². The minimum absolute atomic E-state index is 0.222. The number of carboxylic acids is 1. The lowest BCUT2D eigenvalue weighted by molar-refractivity contribution is -0.144. The second-order valence-electron chi connectivity index (χ2n) is 11.7. The summed E-state index contributed by atoms with van der Waals surface area (Å²) in [5, 5.41) is 12.6. The van der Waals surface area contributed by atoms with Crippen molar-refractivity contribution in [3.8, 4) is 0 Å². The Balaban J connectivity index is 1.47. The molecule has 0 aromatic heterocycles. The van der Waals surface area contributed by atoms with E-state index in [0.29, 0.717) is 17.7 Å². The Morgan fingerprint density at radius 3 is 2.17 bits per heavy atom. The van der Waals surface area contributed by atoms with Gasteiger partial charge >= 0.3 is 12.1 Å². The zero-order chi connectivity index (χ0) is 30.0. The first-order valence-electron chi connectivity index (χ1n) is 14.1. The lowest BCUT2D eigenvalue weighted by Crippen LogP contribution is -2.54. The predicted octanol–water partition coefficient (Wildman–Crippen LogP) is 4.64. The zero-order valence-electron chi connectivity index (χ0n) is 23.9. The molecule has 3 atom stereocenters. The number of amides is 3. The first-order valence-corrected chi connectivity index (χ1v) is 14.1. The summed E-state index contributed by atoms with van der Waals surface area (Å²) >= 11 is 0. The highest BCUT2D eigenvalue weighted by atomic mass is 16.6. The van der Waals surface area contributed by atoms with E-state index in [1.54, 1.807) is 62.1 Å². The first-order chi connectivity index (χ1) is 20.0. The molecule has 9 nitrogen and oxygen atoms in total. The van der Waals surface area contributed by atoms with Crippen LogP contribution in [0.15, 0.2) is 78.9 Å². The quantitative estimate of drug-likeness (QED) is 0.447. The normalized spacial score (nSPS) is 18.5. The molecule has 218 valence electrons. The number of hydrogen-bond acceptors (Lipinski definition) is 5. The number of nitrogens with one attached hydrogen (secondary N) is 1. The lowest BCUT2D eigenvalue weighted by Gasteiger charge is -2.39. The molecule has 0 saturated carbocycles. The molecule has 0 saturated heterocycles. The van der Waals surface area contributed by atoms with Crippen LogP contribution in [0.1, 0.15) is 55.5 Å². The van der Waals surface area contributed by atoms with E-state index in [1.807, 2.05) is 42.5 Å². The van der Waals surface area contributed by atoms with Gasteiger partial charge in [0.05, 0.1) is 12.1 Å². The summed E-state index contributed by atoms with van der Waals surface area (Å²) in [6.45, 7) is 5.51. The van der Waals surface area contributed by atoms with Gasteiger partial charge in [0.15, 0.2) is 0 Å². The Bertz CT molecular complexity index is 1500. The molecule has 0 fully saturated rings. The number of carbonyl (C=O) groups excluding carboxylic acids is 3. The number of rotatable bonds is 6. The molecule has 2 aliphatic rings. The molecular weight excluding hydrogens is 534 g/mol. The van der Waals surface area contributed by atoms with Gasteiger partial charge < -0.3 is 20.1 Å². The fourth-order valence-electron chi connectivity index (χ4n) is 5.70. The van der Waals surface area contributed by atoms with E-state index in [0.717, 1.165) is 16.7 Å². The highest BCUT2D eigenvalue weighted by Crippen LogP contribution is 2.34. The first kappa shape index (κ1) is 28.9. The topological polar surface area (TPSA) is 116 Å². The summed E-state index contributed by atoms with van der Waals surface area (Å²) in [7, 11) is 0. The van der Waals surface area contributed by atoms with Crippen molar-refractivity contribution in [3.05, 3.63) is 101 Å². The summed E-state index contributed by atoms with van der Waals surface area (Å²) in [6, 6.07) is 21.2. The van der Waals surface area contributed by atoms with E-state index < -0.39 is 47.6 Å². The number of hydrogen-bond donors (Lipinski definition) is 2. The van der Waals surface area contributed by atoms with Crippen LogP contribution in [0.4, 0.5) is 10.5 Å². The van der Waals surface area contributed by atoms with Crippen LogP contribution in [0.2, 0.25) is 0 Å². The highest BCUT2D eigenvalue weighted by Gasteiger charge is 2.43. The van der Waals surface area contributed by atoms with Gasteiger partial charge in [-0.05, 0) is 55.5 Å². The maximum Gasteiger partial charge on any atom is 0.415 e. The van der Waals surface area contributed by atoms with E-state index in [-0.39, 0.29) is 19.4 Å². The molecule has 2 N–H and O–H groups in total. The molecule has 0 bridgehead atoms. The molecule has 0 radical (unpaired) electrons. The Kier molecular flexibility index (Phi) is 8.02. The number of ether oxygens (including phenoxy) is 1. The van der Waals surface area contributed by atoms with Crippen molar-refractivity contribution in [1.82, 2.24) is 10.2 Å². The van der Waals surface area contributed by atoms with Gasteiger partial charge in [-0.1, -0.05) is 72.8 Å². The summed E-state index contributed by atoms with van der Waals surface area (Å²) in [5.74, 6) is -1.92. The lowest BCUT2D eigenvalue weighted by atomic mass is 9.91. The summed E-state index contributed by atoms with van der Waals surface area (Å²) in [6.07, 6.45) is -0.215. The third-order valence-electron chi connectivity index (χ3n) is 7.58. The average molecular weight is 570 g/mol. The Morgan fingerprint density at radius 2 is 1.50 bits per heavy atom. The van der Waals surface area contributed by atoms with E-state index in [1.165, 1.54) is 4.90 Å². The standard InChI is InChI=1S/C33H35N3O6/c1-33(2,3)42-32(41)36-26-16-10-9-14-23(26)18-27(36)30(39)34-29(21-11-5-4-6-12-21)31(40)35-20-24-15-8-7-13-22(24)17-25(35)19-28(37)38/h4-16,25,27,29H,17-20H2,1-3H3,(H,34,39)(H,37,38)/t25-,27-,29+/m1/s1. The second-order valence-corrected chi connectivity index (χ2v) is 11.7. The summed E-state index contributed by atoms with van der Waals surface area (Å²) < 4.78 is 5.65. The van der Waals surface area contributed by atoms with Crippen molar-refractivity contribution in [2.45, 2.75) is 70.3 Å². The van der Waals surface area contributed by atoms with Gasteiger partial charge in [0, 0.05) is 19.0 Å². The molecule has 9 heteroatoms. The van der Waals surface area contributed by atoms with Crippen molar-refractivity contribution in [3.63, 3.8) is 0 Å². The van der Waals surface area contributed by atoms with E-state index >= 15 is 0 Å². The van der Waals surface area contributed by atoms with Gasteiger partial charge in [-0.2, -0.15) is 0 Å². The zero-order valence-corrected chi connectivity index (χ0v) is 23.9. The van der Waals surface area contributed by atoms with E-state index in [9.17, 15) is 24.3 Å². The number of carbonyl (C=O) groups is 4. The van der Waals surface area contributed by atoms with Gasteiger partial charge in [0.25, 0.3) is 0 Å². The van der Waals surface area contributed by atoms with E-state index in [4.69, 9.17) is 4.74 Å². The van der Waals surface area contributed by atoms with Crippen LogP contribution in [-0.2, 0) is 38.5 Å². The molecule has 0 unspecified atom stereocenters. The smallest absolute Gasteiger partial charge is 0.415 e. The Labute approximate surface area is 245 Å². The van der Waals surface area contributed by atoms with Crippen LogP contribution < -0.4 is 10.2 Å². The molecular formula is C33H35N3O6. The number of anilines is 1. The summed E-state index contributed by atoms with van der Waals surface area (Å²) in [4.78, 5) is 56.3. The van der Waals surface area contributed by atoms with Gasteiger partial charge in [-0.25, -0.2) is 4.79 Å². The molecule has 2 heterocycles. The fourth-order valence-corrected chi connectivity index (χ4v) is 5.70. The minimum Gasteiger partial charge on any atom is -0.481 e. The fraction of sp³-hybridized carbons (Fsp3) is 0.333. The Morgan fingerprint density at radius 1 is 0.881 bits per heavy atom. The number of nitrogens with zero attached hydrogens (tertiary/aromatic N) is 2. The minimum atomic E-state index is -1.09. The third-order valence-corrected chi connectivity index (χ3v) is 7.58. The largest absolute Gasteiger partial charge is 0.481 e. The molecule has 5 rings (SSSR count). The second kappa shape index (κ2) is 11.7. The Hall–Kier alpha value is -4.66. The van der Waals surface area contributed by atoms with Crippen molar-refractivity contribution < 1.29 is 29.0 Å². The van der Waals surface area contributed by atoms with E-state index in [2.05, 4.69) is 5.32 Å². The van der Waals surface area contributed by atoms with Crippen LogP contribution in [0.3, 0.4) is 0 Å². The van der Waals surface area contributed by atoms with Crippen molar-refractivity contribution in [2.24, 2.45) is 0 Å². The van der Waals surface area contributed by atoms with Crippen LogP contribution in [0.25, 0.3) is 0 Å². The van der Waals surface area contributed by atoms with Gasteiger partial charge in [0.1, 0.15) is 17.7 Å². The molecule has 3 aromatic rings. The number of para-hydroxylation sites is 1. The van der Waals surface area contributed by atoms with Crippen molar-refractivity contribution in [2.75, 3.05) is 4.90 Å². The molecule has 2 aliphatic heterocycles. The van der Waals surface area contributed by atoms with Crippen molar-refractivity contribution in [1.29, 1.82) is 0 Å². The SMILES string of the molecule is CC(C)(C)OC(=O)N1c2ccccc2C[C@@H]1C(=O)N[C@H](C(=O)N1Cc2ccccc2C[C@@H]1CC(=O)O)c1ccccc1. The molecule has 0 spiro atoms. The monoisotopic (exact) mass is 569 g/mol. The van der Waals surface area contributed by atoms with Gasteiger partial charge in [0.2, 0.25) is 11.8 Å². The maximum absolute atomic E-state index is 14.3. The molecule has 42 heavy (non-hydrogen) atoms. The average Bonchev–Trinajstić information content (AvgIpc) is 3.34. The molecule has 3 aromatic carbocycles. The number of carboxylic acid groups (broad SMARTS) is 1. The predicted molar refractivity (Wildman–Crippen MR) is 157 cm³/mol. The highest BCUT2D eigenvalue weighted by molar-refractivity contribution is 6.02. The van der Waals surface area contributed by atoms with Crippen LogP contribution in [-0.4, -0.2) is 51.6 Å². The maximum atomic E-state index is 14.3. The number of benzene rings is 3.